The number of terminal acetylenes is 1. The van der Waals surface area contributed by atoms with Crippen LogP contribution in [-0.2, 0) is 23.9 Å². The van der Waals surface area contributed by atoms with E-state index >= 15 is 0 Å². The number of hydrogen-bond donors (Lipinski definition) is 1. The van der Waals surface area contributed by atoms with E-state index in [2.05, 4.69) is 11.2 Å². The van der Waals surface area contributed by atoms with Crippen LogP contribution in [0.4, 0.5) is 4.79 Å². The minimum Gasteiger partial charge on any atom is -0.466 e. The lowest BCUT2D eigenvalue weighted by Crippen LogP contribution is -2.47. The molecule has 1 fully saturated rings. The maximum Gasteiger partial charge on any atom is 0.410 e. The Morgan fingerprint density at radius 3 is 2.60 bits per heavy atom. The monoisotopic (exact) mass is 487 g/mol. The molecular formula is C26H37N3O6. The van der Waals surface area contributed by atoms with Gasteiger partial charge in [0.15, 0.2) is 0 Å². The van der Waals surface area contributed by atoms with E-state index in [0.717, 1.165) is 5.57 Å². The fourth-order valence-corrected chi connectivity index (χ4v) is 3.83. The summed E-state index contributed by atoms with van der Waals surface area (Å²) in [5.41, 5.74) is 0.430. The van der Waals surface area contributed by atoms with Crippen LogP contribution in [0, 0.1) is 18.3 Å². The third kappa shape index (κ3) is 9.47. The fourth-order valence-electron chi connectivity index (χ4n) is 3.83. The summed E-state index contributed by atoms with van der Waals surface area (Å²) in [5, 5.41) is 2.71. The number of rotatable bonds is 7. The summed E-state index contributed by atoms with van der Waals surface area (Å²) >= 11 is 0. The average Bonchev–Trinajstić information content (AvgIpc) is 2.81. The number of hydrogen-bond acceptors (Lipinski definition) is 6. The summed E-state index contributed by atoms with van der Waals surface area (Å²) in [4.78, 5) is 52.5. The Hall–Kier alpha value is -3.28. The number of piperidine rings is 1. The van der Waals surface area contributed by atoms with E-state index in [0.29, 0.717) is 38.9 Å². The largest absolute Gasteiger partial charge is 0.466 e. The molecule has 0 aromatic heterocycles. The quantitative estimate of drug-likeness (QED) is 0.336. The van der Waals surface area contributed by atoms with Gasteiger partial charge in [0.2, 0.25) is 11.8 Å². The number of carbonyl (C=O) groups excluding carboxylic acids is 4. The molecule has 1 saturated heterocycles. The highest BCUT2D eigenvalue weighted by molar-refractivity contribution is 5.89. The van der Waals surface area contributed by atoms with Crippen molar-refractivity contribution >= 4 is 23.9 Å². The summed E-state index contributed by atoms with van der Waals surface area (Å²) in [6.07, 6.45) is 12.2. The van der Waals surface area contributed by atoms with Crippen molar-refractivity contribution in [2.24, 2.45) is 5.92 Å². The lowest BCUT2D eigenvalue weighted by atomic mass is 9.96. The SMILES string of the molecule is C#C[C@H](CC(=O)OCC)NC(=O)[C@@H]1CCCN(C(=O)/C=C/C2=CCN(C(=O)OC(C)(C)C)CC2)C1. The van der Waals surface area contributed by atoms with Crippen molar-refractivity contribution in [2.75, 3.05) is 32.8 Å². The van der Waals surface area contributed by atoms with Crippen LogP contribution in [0.5, 0.6) is 0 Å². The van der Waals surface area contributed by atoms with Gasteiger partial charge in [-0.1, -0.05) is 18.1 Å². The van der Waals surface area contributed by atoms with Crippen LogP contribution in [0.2, 0.25) is 0 Å². The lowest BCUT2D eigenvalue weighted by Gasteiger charge is -2.32. The second-order valence-corrected chi connectivity index (χ2v) is 9.65. The number of nitrogens with one attached hydrogen (secondary N) is 1. The van der Waals surface area contributed by atoms with Gasteiger partial charge < -0.3 is 24.6 Å². The predicted octanol–water partition coefficient (Wildman–Crippen LogP) is 2.42. The Kier molecular flexibility index (Phi) is 10.4. The molecule has 0 unspecified atom stereocenters. The number of carbonyl (C=O) groups is 4. The third-order valence-corrected chi connectivity index (χ3v) is 5.63. The van der Waals surface area contributed by atoms with Gasteiger partial charge in [0.1, 0.15) is 11.6 Å². The van der Waals surface area contributed by atoms with E-state index in [1.54, 1.807) is 22.8 Å². The van der Waals surface area contributed by atoms with Crippen molar-refractivity contribution in [3.05, 3.63) is 23.8 Å². The van der Waals surface area contributed by atoms with Gasteiger partial charge in [0.25, 0.3) is 0 Å². The van der Waals surface area contributed by atoms with Gasteiger partial charge in [-0.05, 0) is 52.5 Å². The van der Waals surface area contributed by atoms with Crippen molar-refractivity contribution in [2.45, 2.75) is 65.0 Å². The molecule has 3 amide bonds. The molecule has 9 heteroatoms. The molecule has 2 rings (SSSR count). The first kappa shape index (κ1) is 28.0. The van der Waals surface area contributed by atoms with E-state index in [1.807, 2.05) is 26.8 Å². The van der Waals surface area contributed by atoms with E-state index < -0.39 is 23.5 Å². The highest BCUT2D eigenvalue weighted by Crippen LogP contribution is 2.19. The average molecular weight is 488 g/mol. The Morgan fingerprint density at radius 2 is 2.00 bits per heavy atom. The number of amides is 3. The zero-order valence-electron chi connectivity index (χ0n) is 21.2. The number of ether oxygens (including phenoxy) is 2. The van der Waals surface area contributed by atoms with Crippen molar-refractivity contribution in [1.29, 1.82) is 0 Å². The first-order chi connectivity index (χ1) is 16.5. The molecule has 1 N–H and O–H groups in total. The number of esters is 1. The van der Waals surface area contributed by atoms with Crippen LogP contribution >= 0.6 is 0 Å². The summed E-state index contributed by atoms with van der Waals surface area (Å²) < 4.78 is 10.3. The van der Waals surface area contributed by atoms with E-state index in [9.17, 15) is 19.2 Å². The maximum absolute atomic E-state index is 12.7. The lowest BCUT2D eigenvalue weighted by molar-refractivity contribution is -0.143. The van der Waals surface area contributed by atoms with Gasteiger partial charge in [-0.15, -0.1) is 6.42 Å². The molecule has 9 nitrogen and oxygen atoms in total. The Labute approximate surface area is 207 Å². The molecule has 2 heterocycles. The molecule has 0 spiro atoms. The second-order valence-electron chi connectivity index (χ2n) is 9.65. The zero-order valence-corrected chi connectivity index (χ0v) is 21.2. The predicted molar refractivity (Wildman–Crippen MR) is 131 cm³/mol. The molecule has 2 aliphatic heterocycles. The number of likely N-dealkylation sites (tertiary alicyclic amines) is 1. The minimum absolute atomic E-state index is 0.0886. The van der Waals surface area contributed by atoms with Crippen LogP contribution in [0.3, 0.4) is 0 Å². The topological polar surface area (TPSA) is 105 Å². The van der Waals surface area contributed by atoms with Crippen LogP contribution < -0.4 is 5.32 Å². The normalized spacial score (nSPS) is 19.4. The zero-order chi connectivity index (χ0) is 26.0. The van der Waals surface area contributed by atoms with Crippen LogP contribution in [0.1, 0.15) is 53.4 Å². The molecule has 0 radical (unpaired) electrons. The molecular weight excluding hydrogens is 450 g/mol. The smallest absolute Gasteiger partial charge is 0.410 e. The summed E-state index contributed by atoms with van der Waals surface area (Å²) in [6, 6.07) is -0.744. The van der Waals surface area contributed by atoms with Gasteiger partial charge in [-0.2, -0.15) is 0 Å². The van der Waals surface area contributed by atoms with E-state index in [4.69, 9.17) is 15.9 Å². The minimum atomic E-state index is -0.744. The highest BCUT2D eigenvalue weighted by atomic mass is 16.6. The summed E-state index contributed by atoms with van der Waals surface area (Å²) in [5.74, 6) is 1.12. The summed E-state index contributed by atoms with van der Waals surface area (Å²) in [7, 11) is 0. The molecule has 192 valence electrons. The number of nitrogens with zero attached hydrogens (tertiary/aromatic N) is 2. The molecule has 0 saturated carbocycles. The van der Waals surface area contributed by atoms with Crippen molar-refractivity contribution in [1.82, 2.24) is 15.1 Å². The van der Waals surface area contributed by atoms with Crippen LogP contribution in [-0.4, -0.2) is 78.1 Å². The van der Waals surface area contributed by atoms with Crippen molar-refractivity contribution < 1.29 is 28.7 Å². The Balaban J connectivity index is 1.86. The standard InChI is InChI=1S/C26H37N3O6/c1-6-21(17-23(31)34-7-2)27-24(32)20-9-8-14-29(18-20)22(30)11-10-19-12-15-28(16-13-19)25(33)35-26(3,4)5/h1,10-12,20-21H,7-9,13-18H2,2-5H3,(H,27,32)/b11-10+/t20-,21-/m1/s1. The molecule has 35 heavy (non-hydrogen) atoms. The van der Waals surface area contributed by atoms with Crippen molar-refractivity contribution in [3.8, 4) is 12.3 Å². The second kappa shape index (κ2) is 13.0. The maximum atomic E-state index is 12.7. The molecule has 0 aromatic carbocycles. The van der Waals surface area contributed by atoms with Gasteiger partial charge in [0.05, 0.1) is 18.9 Å². The molecule has 0 bridgehead atoms. The molecule has 2 aliphatic rings. The highest BCUT2D eigenvalue weighted by Gasteiger charge is 2.29. The third-order valence-electron chi connectivity index (χ3n) is 5.63. The number of allylic oxidation sites excluding steroid dienone is 1. The van der Waals surface area contributed by atoms with Crippen LogP contribution in [0.15, 0.2) is 23.8 Å². The molecule has 0 aromatic rings. The molecule has 2 atom stereocenters. The first-order valence-electron chi connectivity index (χ1n) is 12.1. The first-order valence-corrected chi connectivity index (χ1v) is 12.1. The van der Waals surface area contributed by atoms with Gasteiger partial charge >= 0.3 is 12.1 Å². The van der Waals surface area contributed by atoms with Gasteiger partial charge in [-0.3, -0.25) is 14.4 Å². The van der Waals surface area contributed by atoms with Crippen molar-refractivity contribution in [3.63, 3.8) is 0 Å². The Bertz CT molecular complexity index is 896. The fraction of sp³-hybridized carbons (Fsp3) is 0.615. The van der Waals surface area contributed by atoms with E-state index in [-0.39, 0.29) is 37.5 Å². The van der Waals surface area contributed by atoms with Gasteiger partial charge in [-0.25, -0.2) is 4.79 Å². The van der Waals surface area contributed by atoms with Gasteiger partial charge in [0, 0.05) is 32.3 Å². The molecule has 0 aliphatic carbocycles. The summed E-state index contributed by atoms with van der Waals surface area (Å²) in [6.45, 7) is 9.24. The van der Waals surface area contributed by atoms with Crippen LogP contribution in [0.25, 0.3) is 0 Å². The Morgan fingerprint density at radius 1 is 1.26 bits per heavy atom. The van der Waals surface area contributed by atoms with E-state index in [1.165, 1.54) is 6.08 Å².